The third kappa shape index (κ3) is 3.47. The van der Waals surface area contributed by atoms with E-state index in [0.717, 1.165) is 13.1 Å². The molecule has 1 N–H and O–H groups in total. The van der Waals surface area contributed by atoms with Crippen LogP contribution in [0.2, 0.25) is 0 Å². The number of carbonyl (C=O) groups is 2. The van der Waals surface area contributed by atoms with Crippen LogP contribution < -0.4 is 0 Å². The second kappa shape index (κ2) is 6.62. The number of likely N-dealkylation sites (N-methyl/N-ethyl adjacent to an activating group) is 1. The zero-order valence-corrected chi connectivity index (χ0v) is 13.0. The standard InChI is InChI=1S/C14H25N3O4/c1-10(2)16-4-6-17(7-5-16)14(20)15(3)12-9-21-8-11(12)13(18)19/h10-12H,4-9H2,1-3H3,(H,18,19). The first-order chi connectivity index (χ1) is 9.91. The molecule has 120 valence electrons. The van der Waals surface area contributed by atoms with Crippen molar-refractivity contribution in [1.29, 1.82) is 0 Å². The van der Waals surface area contributed by atoms with Gasteiger partial charge in [0.05, 0.1) is 19.3 Å². The molecule has 2 amide bonds. The van der Waals surface area contributed by atoms with Crippen molar-refractivity contribution in [1.82, 2.24) is 14.7 Å². The minimum atomic E-state index is -0.901. The first kappa shape index (κ1) is 16.0. The number of aliphatic carboxylic acids is 1. The Morgan fingerprint density at radius 2 is 1.81 bits per heavy atom. The molecule has 21 heavy (non-hydrogen) atoms. The first-order valence-corrected chi connectivity index (χ1v) is 7.48. The van der Waals surface area contributed by atoms with Crippen LogP contribution in [-0.2, 0) is 9.53 Å². The second-order valence-corrected chi connectivity index (χ2v) is 6.06. The zero-order chi connectivity index (χ0) is 15.6. The van der Waals surface area contributed by atoms with Crippen LogP contribution in [0.1, 0.15) is 13.8 Å². The number of hydrogen-bond donors (Lipinski definition) is 1. The summed E-state index contributed by atoms with van der Waals surface area (Å²) in [6, 6.07) is 0.0119. The molecule has 0 aromatic rings. The molecule has 0 bridgehead atoms. The molecule has 2 saturated heterocycles. The summed E-state index contributed by atoms with van der Waals surface area (Å²) in [5.74, 6) is -1.53. The summed E-state index contributed by atoms with van der Waals surface area (Å²) in [7, 11) is 1.67. The van der Waals surface area contributed by atoms with E-state index in [0.29, 0.717) is 25.7 Å². The summed E-state index contributed by atoms with van der Waals surface area (Å²) in [5.41, 5.74) is 0. The van der Waals surface area contributed by atoms with Gasteiger partial charge in [0.25, 0.3) is 0 Å². The van der Waals surface area contributed by atoms with Gasteiger partial charge in [0, 0.05) is 39.3 Å². The molecule has 0 spiro atoms. The van der Waals surface area contributed by atoms with E-state index in [1.165, 1.54) is 4.90 Å². The molecule has 0 aromatic heterocycles. The van der Waals surface area contributed by atoms with Crippen molar-refractivity contribution in [3.05, 3.63) is 0 Å². The van der Waals surface area contributed by atoms with Crippen LogP contribution in [0, 0.1) is 5.92 Å². The number of carbonyl (C=O) groups excluding carboxylic acids is 1. The summed E-state index contributed by atoms with van der Waals surface area (Å²) in [6.07, 6.45) is 0. The highest BCUT2D eigenvalue weighted by Gasteiger charge is 2.39. The fourth-order valence-electron chi connectivity index (χ4n) is 2.96. The second-order valence-electron chi connectivity index (χ2n) is 6.06. The lowest BCUT2D eigenvalue weighted by molar-refractivity contribution is -0.142. The number of urea groups is 1. The molecule has 0 aliphatic carbocycles. The Bertz CT molecular complexity index is 394. The third-order valence-electron chi connectivity index (χ3n) is 4.48. The molecule has 2 heterocycles. The average molecular weight is 299 g/mol. The van der Waals surface area contributed by atoms with Crippen molar-refractivity contribution in [3.8, 4) is 0 Å². The van der Waals surface area contributed by atoms with Gasteiger partial charge in [0.1, 0.15) is 5.92 Å². The lowest BCUT2D eigenvalue weighted by atomic mass is 10.0. The molecule has 2 unspecified atom stereocenters. The Balaban J connectivity index is 1.92. The Morgan fingerprint density at radius 1 is 1.19 bits per heavy atom. The molecule has 7 heteroatoms. The largest absolute Gasteiger partial charge is 0.481 e. The van der Waals surface area contributed by atoms with Crippen molar-refractivity contribution >= 4 is 12.0 Å². The molecule has 2 aliphatic rings. The van der Waals surface area contributed by atoms with Gasteiger partial charge in [-0.3, -0.25) is 9.69 Å². The fourth-order valence-corrected chi connectivity index (χ4v) is 2.96. The number of carboxylic acid groups (broad SMARTS) is 1. The predicted octanol–water partition coefficient (Wildman–Crippen LogP) is 0.164. The number of ether oxygens (including phenoxy) is 1. The van der Waals surface area contributed by atoms with Gasteiger partial charge in [-0.05, 0) is 13.8 Å². The average Bonchev–Trinajstić information content (AvgIpc) is 2.95. The summed E-state index contributed by atoms with van der Waals surface area (Å²) >= 11 is 0. The summed E-state index contributed by atoms with van der Waals surface area (Å²) in [6.45, 7) is 7.87. The van der Waals surface area contributed by atoms with Gasteiger partial charge in [-0.15, -0.1) is 0 Å². The number of hydrogen-bond acceptors (Lipinski definition) is 4. The molecular weight excluding hydrogens is 274 g/mol. The van der Waals surface area contributed by atoms with Gasteiger partial charge in [-0.25, -0.2) is 4.79 Å². The van der Waals surface area contributed by atoms with Crippen molar-refractivity contribution < 1.29 is 19.4 Å². The van der Waals surface area contributed by atoms with E-state index in [4.69, 9.17) is 4.74 Å². The van der Waals surface area contributed by atoms with Crippen molar-refractivity contribution in [2.75, 3.05) is 46.4 Å². The quantitative estimate of drug-likeness (QED) is 0.804. The van der Waals surface area contributed by atoms with Gasteiger partial charge >= 0.3 is 12.0 Å². The van der Waals surface area contributed by atoms with E-state index in [1.54, 1.807) is 11.9 Å². The van der Waals surface area contributed by atoms with Crippen LogP contribution in [-0.4, -0.2) is 90.3 Å². The number of carboxylic acids is 1. The Kier molecular flexibility index (Phi) is 5.05. The number of nitrogens with zero attached hydrogens (tertiary/aromatic N) is 3. The molecule has 0 radical (unpaired) electrons. The van der Waals surface area contributed by atoms with E-state index in [2.05, 4.69) is 18.7 Å². The van der Waals surface area contributed by atoms with Gasteiger partial charge in [0.2, 0.25) is 0 Å². The minimum absolute atomic E-state index is 0.0971. The maximum Gasteiger partial charge on any atom is 0.320 e. The lowest BCUT2D eigenvalue weighted by Gasteiger charge is -2.39. The highest BCUT2D eigenvalue weighted by atomic mass is 16.5. The van der Waals surface area contributed by atoms with Gasteiger partial charge in [-0.1, -0.05) is 0 Å². The molecule has 2 fully saturated rings. The topological polar surface area (TPSA) is 73.3 Å². The minimum Gasteiger partial charge on any atom is -0.481 e. The van der Waals surface area contributed by atoms with Crippen LogP contribution in [0.5, 0.6) is 0 Å². The highest BCUT2D eigenvalue weighted by Crippen LogP contribution is 2.20. The van der Waals surface area contributed by atoms with Crippen molar-refractivity contribution in [3.63, 3.8) is 0 Å². The number of piperazine rings is 1. The molecule has 2 rings (SSSR count). The Labute approximate surface area is 125 Å². The van der Waals surface area contributed by atoms with Gasteiger partial charge in [0.15, 0.2) is 0 Å². The number of rotatable bonds is 3. The van der Waals surface area contributed by atoms with E-state index >= 15 is 0 Å². The van der Waals surface area contributed by atoms with E-state index < -0.39 is 11.9 Å². The summed E-state index contributed by atoms with van der Waals surface area (Å²) in [4.78, 5) is 29.4. The maximum absolute atomic E-state index is 12.5. The molecular formula is C14H25N3O4. The van der Waals surface area contributed by atoms with Crippen molar-refractivity contribution in [2.45, 2.75) is 25.9 Å². The molecule has 2 atom stereocenters. The van der Waals surface area contributed by atoms with Crippen LogP contribution >= 0.6 is 0 Å². The number of amides is 2. The van der Waals surface area contributed by atoms with E-state index in [9.17, 15) is 14.7 Å². The normalized spacial score (nSPS) is 27.1. The van der Waals surface area contributed by atoms with Crippen LogP contribution in [0.25, 0.3) is 0 Å². The highest BCUT2D eigenvalue weighted by molar-refractivity contribution is 5.77. The molecule has 2 aliphatic heterocycles. The summed E-state index contributed by atoms with van der Waals surface area (Å²) in [5, 5.41) is 9.18. The van der Waals surface area contributed by atoms with Crippen LogP contribution in [0.3, 0.4) is 0 Å². The van der Waals surface area contributed by atoms with E-state index in [1.807, 2.05) is 0 Å². The van der Waals surface area contributed by atoms with E-state index in [-0.39, 0.29) is 18.7 Å². The smallest absolute Gasteiger partial charge is 0.320 e. The lowest BCUT2D eigenvalue weighted by Crippen LogP contribution is -2.56. The zero-order valence-electron chi connectivity index (χ0n) is 13.0. The molecule has 0 aromatic carbocycles. The SMILES string of the molecule is CC(C)N1CCN(C(=O)N(C)C2COCC2C(=O)O)CC1. The van der Waals surface area contributed by atoms with Crippen molar-refractivity contribution in [2.24, 2.45) is 5.92 Å². The van der Waals surface area contributed by atoms with Gasteiger partial charge < -0.3 is 19.6 Å². The molecule has 7 nitrogen and oxygen atoms in total. The fraction of sp³-hybridized carbons (Fsp3) is 0.857. The maximum atomic E-state index is 12.5. The predicted molar refractivity (Wildman–Crippen MR) is 77.2 cm³/mol. The molecule has 0 saturated carbocycles. The van der Waals surface area contributed by atoms with Crippen LogP contribution in [0.15, 0.2) is 0 Å². The third-order valence-corrected chi connectivity index (χ3v) is 4.48. The first-order valence-electron chi connectivity index (χ1n) is 7.48. The van der Waals surface area contributed by atoms with Crippen LogP contribution in [0.4, 0.5) is 4.79 Å². The van der Waals surface area contributed by atoms with Gasteiger partial charge in [-0.2, -0.15) is 0 Å². The Morgan fingerprint density at radius 3 is 2.33 bits per heavy atom. The summed E-state index contributed by atoms with van der Waals surface area (Å²) < 4.78 is 5.24. The Hall–Kier alpha value is -1.34. The monoisotopic (exact) mass is 299 g/mol.